The molecule has 1 amide bonds. The molecular weight excluding hydrogens is 1010 g/mol. The molecule has 0 heterocycles. The summed E-state index contributed by atoms with van der Waals surface area (Å²) in [6.45, 7) is 6.70. The molecule has 3 unspecified atom stereocenters. The highest BCUT2D eigenvalue weighted by Gasteiger charge is 2.30. The number of amides is 1. The largest absolute Gasteiger partial charge is 0.472 e. The zero-order valence-electron chi connectivity index (χ0n) is 51.8. The van der Waals surface area contributed by atoms with Crippen LogP contribution in [0.2, 0.25) is 0 Å². The molecule has 10 heteroatoms. The van der Waals surface area contributed by atoms with Crippen LogP contribution in [-0.2, 0) is 27.9 Å². The van der Waals surface area contributed by atoms with E-state index in [2.05, 4.69) is 160 Å². The maximum absolute atomic E-state index is 13.5. The van der Waals surface area contributed by atoms with Gasteiger partial charge in [0.05, 0.1) is 33.8 Å². The Morgan fingerprint density at radius 1 is 0.450 bits per heavy atom. The van der Waals surface area contributed by atoms with Crippen molar-refractivity contribution in [3.63, 3.8) is 0 Å². The van der Waals surface area contributed by atoms with E-state index in [1.807, 2.05) is 33.3 Å². The number of ether oxygens (including phenoxy) is 1. The van der Waals surface area contributed by atoms with Gasteiger partial charge in [0.2, 0.25) is 5.91 Å². The molecule has 0 saturated carbocycles. The summed E-state index contributed by atoms with van der Waals surface area (Å²) in [4.78, 5) is 37.7. The highest BCUT2D eigenvalue weighted by molar-refractivity contribution is 7.47. The maximum Gasteiger partial charge on any atom is 0.472 e. The van der Waals surface area contributed by atoms with Gasteiger partial charge in [-0.05, 0) is 122 Å². The highest BCUT2D eigenvalue weighted by Crippen LogP contribution is 2.43. The number of nitrogens with one attached hydrogen (secondary N) is 1. The van der Waals surface area contributed by atoms with Gasteiger partial charge in [-0.1, -0.05) is 244 Å². The molecule has 0 aromatic heterocycles. The number of esters is 1. The van der Waals surface area contributed by atoms with E-state index in [4.69, 9.17) is 13.8 Å². The number of carbonyl (C=O) groups excluding carboxylic acids is 2. The Balaban J connectivity index is 5.32. The molecule has 0 rings (SSSR count). The van der Waals surface area contributed by atoms with Crippen molar-refractivity contribution in [1.29, 1.82) is 0 Å². The van der Waals surface area contributed by atoms with E-state index < -0.39 is 20.0 Å². The first-order valence-corrected chi connectivity index (χ1v) is 33.2. The van der Waals surface area contributed by atoms with E-state index in [1.54, 1.807) is 0 Å². The fourth-order valence-corrected chi connectivity index (χ4v) is 8.95. The standard InChI is InChI=1S/C70H117N2O7P/c1-7-10-13-16-19-22-25-28-30-32-33-34-35-36-37-38-39-41-43-45-48-51-54-57-60-63-70(74)79-68(61-58-55-52-49-46-27-24-21-18-15-12-9-3)67(66-78-80(75,76)77-65-64-72(4,5)6)71-69(73)62-59-56-53-50-47-44-42-40-31-29-26-23-20-17-14-11-8-2/h10-11,13-14,19-20,22-23,28-31,33-34,36-37,39,41-42,44,50,53,58,61,67-68H,7-9,12,15-18,21,24-27,32,35,38,40,43,45-49,51-52,54-57,59-60,62-66H2,1-6H3,(H-,71,73,75,76)/p+1/b13-10-,14-11-,22-19-,23-20-,30-28-,31-29-,34-33-,37-36-,41-39-,44-42-,53-50-,61-58-. The van der Waals surface area contributed by atoms with Crippen LogP contribution < -0.4 is 5.32 Å². The quantitative estimate of drug-likeness (QED) is 0.0205. The molecule has 9 nitrogen and oxygen atoms in total. The van der Waals surface area contributed by atoms with Crippen LogP contribution >= 0.6 is 7.82 Å². The molecule has 0 saturated heterocycles. The fourth-order valence-electron chi connectivity index (χ4n) is 8.21. The number of nitrogens with zero attached hydrogens (tertiary/aromatic N) is 1. The number of quaternary nitrogens is 1. The summed E-state index contributed by atoms with van der Waals surface area (Å²) in [6, 6.07) is -0.896. The molecule has 0 aromatic carbocycles. The van der Waals surface area contributed by atoms with E-state index >= 15 is 0 Å². The van der Waals surface area contributed by atoms with Crippen molar-refractivity contribution in [1.82, 2.24) is 5.32 Å². The smallest absolute Gasteiger partial charge is 0.456 e. The third kappa shape index (κ3) is 58.5. The summed E-state index contributed by atoms with van der Waals surface area (Å²) in [7, 11) is 1.43. The Bertz CT molecular complexity index is 1880. The minimum atomic E-state index is -4.48. The van der Waals surface area contributed by atoms with Crippen molar-refractivity contribution >= 4 is 19.7 Å². The minimum Gasteiger partial charge on any atom is -0.456 e. The molecule has 0 aliphatic heterocycles. The van der Waals surface area contributed by atoms with Crippen LogP contribution in [-0.4, -0.2) is 74.3 Å². The molecule has 80 heavy (non-hydrogen) atoms. The van der Waals surface area contributed by atoms with E-state index in [0.717, 1.165) is 135 Å². The number of hydrogen-bond donors (Lipinski definition) is 2. The highest BCUT2D eigenvalue weighted by atomic mass is 31.2. The molecule has 0 bridgehead atoms. The summed E-state index contributed by atoms with van der Waals surface area (Å²) in [6.07, 6.45) is 84.3. The van der Waals surface area contributed by atoms with Gasteiger partial charge < -0.3 is 19.4 Å². The molecule has 2 N–H and O–H groups in total. The molecule has 3 atom stereocenters. The van der Waals surface area contributed by atoms with Crippen molar-refractivity contribution in [3.05, 3.63) is 146 Å². The molecule has 454 valence electrons. The average molecular weight is 1130 g/mol. The lowest BCUT2D eigenvalue weighted by atomic mass is 10.1. The van der Waals surface area contributed by atoms with Crippen molar-refractivity contribution in [2.24, 2.45) is 0 Å². The first-order chi connectivity index (χ1) is 38.9. The first kappa shape index (κ1) is 75.9. The van der Waals surface area contributed by atoms with Gasteiger partial charge in [-0.15, -0.1) is 0 Å². The Morgan fingerprint density at radius 2 is 0.812 bits per heavy atom. The fraction of sp³-hybridized carbons (Fsp3) is 0.629. The number of likely N-dealkylation sites (N-methyl/N-ethyl adjacent to an activating group) is 1. The van der Waals surface area contributed by atoms with Gasteiger partial charge in [-0.3, -0.25) is 18.6 Å². The van der Waals surface area contributed by atoms with E-state index in [0.29, 0.717) is 23.9 Å². The van der Waals surface area contributed by atoms with Gasteiger partial charge in [0.15, 0.2) is 0 Å². The van der Waals surface area contributed by atoms with E-state index in [1.165, 1.54) is 51.4 Å². The second-order valence-electron chi connectivity index (χ2n) is 21.8. The third-order valence-electron chi connectivity index (χ3n) is 13.0. The number of rotatable bonds is 55. The van der Waals surface area contributed by atoms with Gasteiger partial charge in [0.25, 0.3) is 0 Å². The summed E-state index contributed by atoms with van der Waals surface area (Å²) in [5.74, 6) is -0.602. The third-order valence-corrected chi connectivity index (χ3v) is 14.0. The first-order valence-electron chi connectivity index (χ1n) is 31.7. The molecule has 0 spiro atoms. The van der Waals surface area contributed by atoms with Crippen LogP contribution in [0.5, 0.6) is 0 Å². The van der Waals surface area contributed by atoms with Crippen LogP contribution in [0.3, 0.4) is 0 Å². The van der Waals surface area contributed by atoms with Crippen LogP contribution in [0.25, 0.3) is 0 Å². The Labute approximate surface area is 491 Å². The number of carbonyl (C=O) groups is 2. The summed E-state index contributed by atoms with van der Waals surface area (Å²) >= 11 is 0. The van der Waals surface area contributed by atoms with Crippen LogP contribution in [0.1, 0.15) is 233 Å². The van der Waals surface area contributed by atoms with Crippen LogP contribution in [0.15, 0.2) is 146 Å². The summed E-state index contributed by atoms with van der Waals surface area (Å²) in [5, 5.41) is 3.01. The zero-order chi connectivity index (χ0) is 58.6. The molecule has 0 radical (unpaired) electrons. The lowest BCUT2D eigenvalue weighted by Gasteiger charge is -2.27. The predicted octanol–water partition coefficient (Wildman–Crippen LogP) is 19.8. The Hall–Kier alpha value is -4.11. The second kappa shape index (κ2) is 58.1. The van der Waals surface area contributed by atoms with Crippen molar-refractivity contribution < 1.29 is 37.3 Å². The van der Waals surface area contributed by atoms with Gasteiger partial charge in [-0.2, -0.15) is 0 Å². The van der Waals surface area contributed by atoms with Gasteiger partial charge in [0, 0.05) is 12.8 Å². The van der Waals surface area contributed by atoms with Crippen LogP contribution in [0, 0.1) is 0 Å². The minimum absolute atomic E-state index is 0.0186. The van der Waals surface area contributed by atoms with Gasteiger partial charge >= 0.3 is 13.8 Å². The molecule has 0 fully saturated rings. The molecular formula is C70H118N2O7P+. The molecule has 0 aliphatic rings. The topological polar surface area (TPSA) is 111 Å². The Morgan fingerprint density at radius 3 is 1.23 bits per heavy atom. The van der Waals surface area contributed by atoms with E-state index in [9.17, 15) is 19.0 Å². The van der Waals surface area contributed by atoms with Gasteiger partial charge in [-0.25, -0.2) is 4.57 Å². The lowest BCUT2D eigenvalue weighted by molar-refractivity contribution is -0.870. The normalized spacial score (nSPS) is 14.6. The van der Waals surface area contributed by atoms with Gasteiger partial charge in [0.1, 0.15) is 19.3 Å². The lowest BCUT2D eigenvalue weighted by Crippen LogP contribution is -2.47. The predicted molar refractivity (Wildman–Crippen MR) is 346 cm³/mol. The van der Waals surface area contributed by atoms with Crippen LogP contribution in [0.4, 0.5) is 0 Å². The SMILES string of the molecule is CC/C=C\C/C=C\C/C=C\C/C=C\C/C=C\C/C=C\CCCCCCCCC(=O)OC(/C=C\CCCCCCCCCCCC)C(COP(=O)(O)OCC[N+](C)(C)C)NC(=O)CCC/C=C\C/C=C\C/C=C\C/C=C\C/C=C\CC. The monoisotopic (exact) mass is 1130 g/mol. The Kier molecular flexibility index (Phi) is 55.1. The van der Waals surface area contributed by atoms with Crippen molar-refractivity contribution in [2.45, 2.75) is 245 Å². The maximum atomic E-state index is 13.5. The average Bonchev–Trinajstić information content (AvgIpc) is 3.42. The van der Waals surface area contributed by atoms with Crippen molar-refractivity contribution in [2.75, 3.05) is 40.9 Å². The molecule has 0 aromatic rings. The number of hydrogen-bond acceptors (Lipinski definition) is 6. The summed E-state index contributed by atoms with van der Waals surface area (Å²) in [5.41, 5.74) is 0. The second-order valence-corrected chi connectivity index (χ2v) is 23.3. The zero-order valence-corrected chi connectivity index (χ0v) is 52.7. The molecule has 0 aliphatic carbocycles. The van der Waals surface area contributed by atoms with Crippen molar-refractivity contribution in [3.8, 4) is 0 Å². The number of phosphoric acid groups is 1. The number of unbranched alkanes of at least 4 members (excludes halogenated alkanes) is 17. The summed E-state index contributed by atoms with van der Waals surface area (Å²) < 4.78 is 30.6. The number of allylic oxidation sites excluding steroid dienone is 23. The van der Waals surface area contributed by atoms with E-state index in [-0.39, 0.29) is 37.9 Å². The number of phosphoric ester groups is 1.